The lowest BCUT2D eigenvalue weighted by atomic mass is 10.1. The monoisotopic (exact) mass is 513 g/mol. The summed E-state index contributed by atoms with van der Waals surface area (Å²) in [4.78, 5) is 4.76. The predicted octanol–water partition coefficient (Wildman–Crippen LogP) is 4.19. The van der Waals surface area contributed by atoms with Crippen LogP contribution in [0.3, 0.4) is 0 Å². The third-order valence-corrected chi connectivity index (χ3v) is 4.42. The number of hydrogen-bond donors (Lipinski definition) is 2. The zero-order valence-corrected chi connectivity index (χ0v) is 20.5. The quantitative estimate of drug-likeness (QED) is 0.205. The second-order valence-electron chi connectivity index (χ2n) is 6.95. The van der Waals surface area contributed by atoms with E-state index in [9.17, 15) is 0 Å². The molecule has 0 fully saturated rings. The first-order valence-corrected chi connectivity index (χ1v) is 10.3. The van der Waals surface area contributed by atoms with Gasteiger partial charge in [0, 0.05) is 31.9 Å². The molecule has 7 heteroatoms. The molecule has 0 atom stereocenters. The lowest BCUT2D eigenvalue weighted by molar-refractivity contribution is 0.121. The second kappa shape index (κ2) is 14.4. The van der Waals surface area contributed by atoms with Crippen molar-refractivity contribution in [2.75, 3.05) is 19.7 Å². The fourth-order valence-corrected chi connectivity index (χ4v) is 3.02. The van der Waals surface area contributed by atoms with Crippen molar-refractivity contribution in [1.29, 1.82) is 0 Å². The number of aliphatic imine (C=N–C) groups is 1. The summed E-state index contributed by atoms with van der Waals surface area (Å²) in [5.41, 5.74) is 4.69. The molecule has 0 amide bonds. The number of guanidine groups is 1. The van der Waals surface area contributed by atoms with E-state index < -0.39 is 0 Å². The standard InChI is InChI=1S/C22H35N5O.HI/c1-5-14-28-17-21-11-8-7-10-20(21)16-25-22(23-6-2)24-12-9-13-27-19(4)15-18(3)26-27;/h7-8,10-11,15H,5-6,9,12-14,16-17H2,1-4H3,(H2,23,24,25);1H. The summed E-state index contributed by atoms with van der Waals surface area (Å²) < 4.78 is 7.77. The smallest absolute Gasteiger partial charge is 0.191 e. The van der Waals surface area contributed by atoms with Gasteiger partial charge in [-0.15, -0.1) is 24.0 Å². The molecule has 0 aliphatic carbocycles. The van der Waals surface area contributed by atoms with Crippen LogP contribution in [0.2, 0.25) is 0 Å². The van der Waals surface area contributed by atoms with Gasteiger partial charge < -0.3 is 15.4 Å². The van der Waals surface area contributed by atoms with Crippen molar-refractivity contribution in [2.24, 2.45) is 4.99 Å². The van der Waals surface area contributed by atoms with Crippen LogP contribution >= 0.6 is 24.0 Å². The summed E-state index contributed by atoms with van der Waals surface area (Å²) in [6.07, 6.45) is 2.03. The van der Waals surface area contributed by atoms with E-state index in [4.69, 9.17) is 9.73 Å². The summed E-state index contributed by atoms with van der Waals surface area (Å²) in [6.45, 7) is 13.0. The van der Waals surface area contributed by atoms with Crippen molar-refractivity contribution in [3.8, 4) is 0 Å². The number of halogens is 1. The predicted molar refractivity (Wildman–Crippen MR) is 131 cm³/mol. The number of hydrogen-bond acceptors (Lipinski definition) is 3. The first kappa shape index (κ1) is 25.4. The van der Waals surface area contributed by atoms with Crippen LogP contribution in [-0.2, 0) is 24.4 Å². The van der Waals surface area contributed by atoms with Gasteiger partial charge in [0.2, 0.25) is 0 Å². The molecule has 6 nitrogen and oxygen atoms in total. The molecule has 2 N–H and O–H groups in total. The van der Waals surface area contributed by atoms with Gasteiger partial charge in [-0.1, -0.05) is 31.2 Å². The molecule has 0 unspecified atom stereocenters. The van der Waals surface area contributed by atoms with Gasteiger partial charge in [0.15, 0.2) is 5.96 Å². The Bertz CT molecular complexity index is 745. The number of nitrogens with zero attached hydrogens (tertiary/aromatic N) is 3. The third kappa shape index (κ3) is 9.16. The zero-order valence-electron chi connectivity index (χ0n) is 18.2. The fourth-order valence-electron chi connectivity index (χ4n) is 3.02. The molecule has 1 heterocycles. The van der Waals surface area contributed by atoms with E-state index in [1.807, 2.05) is 6.92 Å². The maximum atomic E-state index is 5.71. The number of benzene rings is 1. The molecule has 0 spiro atoms. The second-order valence-corrected chi connectivity index (χ2v) is 6.95. The van der Waals surface area contributed by atoms with Gasteiger partial charge >= 0.3 is 0 Å². The summed E-state index contributed by atoms with van der Waals surface area (Å²) in [6, 6.07) is 10.5. The summed E-state index contributed by atoms with van der Waals surface area (Å²) >= 11 is 0. The highest BCUT2D eigenvalue weighted by atomic mass is 127. The van der Waals surface area contributed by atoms with Crippen LogP contribution in [0.1, 0.15) is 49.2 Å². The zero-order chi connectivity index (χ0) is 20.2. The summed E-state index contributed by atoms with van der Waals surface area (Å²) in [5.74, 6) is 0.847. The molecule has 1 aromatic carbocycles. The minimum atomic E-state index is 0. The first-order chi connectivity index (χ1) is 13.6. The number of rotatable bonds is 11. The molecule has 1 aromatic heterocycles. The topological polar surface area (TPSA) is 63.5 Å². The highest BCUT2D eigenvalue weighted by Gasteiger charge is 2.04. The van der Waals surface area contributed by atoms with Gasteiger partial charge in [-0.3, -0.25) is 4.68 Å². The highest BCUT2D eigenvalue weighted by molar-refractivity contribution is 14.0. The van der Waals surface area contributed by atoms with E-state index in [0.717, 1.165) is 50.7 Å². The van der Waals surface area contributed by atoms with Crippen LogP contribution in [-0.4, -0.2) is 35.4 Å². The molecule has 0 radical (unpaired) electrons. The molecule has 0 aliphatic rings. The van der Waals surface area contributed by atoms with Crippen LogP contribution in [0, 0.1) is 13.8 Å². The molecule has 0 bridgehead atoms. The average molecular weight is 513 g/mol. The SMILES string of the molecule is CCCOCc1ccccc1CN=C(NCC)NCCCn1nc(C)cc1C.I. The molecule has 0 saturated heterocycles. The number of ether oxygens (including phenoxy) is 1. The molecular weight excluding hydrogens is 477 g/mol. The van der Waals surface area contributed by atoms with Crippen LogP contribution < -0.4 is 10.6 Å². The Hall–Kier alpha value is -1.61. The third-order valence-electron chi connectivity index (χ3n) is 4.42. The molecular formula is C22H36IN5O. The van der Waals surface area contributed by atoms with Crippen molar-refractivity contribution >= 4 is 29.9 Å². The Balaban J connectivity index is 0.00000420. The van der Waals surface area contributed by atoms with Crippen LogP contribution in [0.15, 0.2) is 35.3 Å². The average Bonchev–Trinajstić information content (AvgIpc) is 3.01. The summed E-state index contributed by atoms with van der Waals surface area (Å²) in [7, 11) is 0. The fraction of sp³-hybridized carbons (Fsp3) is 0.545. The largest absolute Gasteiger partial charge is 0.377 e. The highest BCUT2D eigenvalue weighted by Crippen LogP contribution is 2.11. The van der Waals surface area contributed by atoms with Crippen molar-refractivity contribution < 1.29 is 4.74 Å². The number of aromatic nitrogens is 2. The van der Waals surface area contributed by atoms with Gasteiger partial charge in [0.1, 0.15) is 0 Å². The van der Waals surface area contributed by atoms with E-state index in [1.165, 1.54) is 16.8 Å². The van der Waals surface area contributed by atoms with Crippen molar-refractivity contribution in [1.82, 2.24) is 20.4 Å². The van der Waals surface area contributed by atoms with Gasteiger partial charge in [-0.2, -0.15) is 5.10 Å². The minimum Gasteiger partial charge on any atom is -0.377 e. The molecule has 162 valence electrons. The van der Waals surface area contributed by atoms with Gasteiger partial charge in [-0.05, 0) is 50.8 Å². The Kier molecular flexibility index (Phi) is 12.6. The number of aryl methyl sites for hydroxylation is 3. The van der Waals surface area contributed by atoms with E-state index in [2.05, 4.69) is 71.5 Å². The van der Waals surface area contributed by atoms with Crippen molar-refractivity contribution in [3.63, 3.8) is 0 Å². The summed E-state index contributed by atoms with van der Waals surface area (Å²) in [5, 5.41) is 11.3. The van der Waals surface area contributed by atoms with Crippen LogP contribution in [0.4, 0.5) is 0 Å². The number of nitrogens with one attached hydrogen (secondary N) is 2. The van der Waals surface area contributed by atoms with Crippen molar-refractivity contribution in [2.45, 2.75) is 60.2 Å². The van der Waals surface area contributed by atoms with E-state index in [-0.39, 0.29) is 24.0 Å². The first-order valence-electron chi connectivity index (χ1n) is 10.3. The molecule has 29 heavy (non-hydrogen) atoms. The molecule has 2 aromatic rings. The van der Waals surface area contributed by atoms with E-state index >= 15 is 0 Å². The lowest BCUT2D eigenvalue weighted by Gasteiger charge is -2.13. The van der Waals surface area contributed by atoms with E-state index in [0.29, 0.717) is 13.2 Å². The van der Waals surface area contributed by atoms with Crippen LogP contribution in [0.25, 0.3) is 0 Å². The Morgan fingerprint density at radius 3 is 2.55 bits per heavy atom. The van der Waals surface area contributed by atoms with Gasteiger partial charge in [-0.25, -0.2) is 4.99 Å². The molecule has 0 aliphatic heterocycles. The normalized spacial score (nSPS) is 11.2. The van der Waals surface area contributed by atoms with Gasteiger partial charge in [0.05, 0.1) is 18.8 Å². The maximum Gasteiger partial charge on any atom is 0.191 e. The molecule has 2 rings (SSSR count). The lowest BCUT2D eigenvalue weighted by Crippen LogP contribution is -2.38. The van der Waals surface area contributed by atoms with Crippen molar-refractivity contribution in [3.05, 3.63) is 52.8 Å². The molecule has 0 saturated carbocycles. The minimum absolute atomic E-state index is 0. The Labute approximate surface area is 192 Å². The Morgan fingerprint density at radius 2 is 1.90 bits per heavy atom. The maximum absolute atomic E-state index is 5.71. The Morgan fingerprint density at radius 1 is 1.14 bits per heavy atom. The van der Waals surface area contributed by atoms with Gasteiger partial charge in [0.25, 0.3) is 0 Å². The van der Waals surface area contributed by atoms with Crippen LogP contribution in [0.5, 0.6) is 0 Å². The van der Waals surface area contributed by atoms with E-state index in [1.54, 1.807) is 0 Å².